The number of carbonyl (C=O) groups is 6. The van der Waals surface area contributed by atoms with Crippen molar-refractivity contribution >= 4 is 36.0 Å². The molecule has 0 saturated heterocycles. The van der Waals surface area contributed by atoms with E-state index in [0.717, 1.165) is 0 Å². The first-order chi connectivity index (χ1) is 20.5. The zero-order valence-electron chi connectivity index (χ0n) is 24.5. The van der Waals surface area contributed by atoms with Crippen LogP contribution in [0.4, 0.5) is 4.79 Å². The number of nitrogens with two attached hydrogens (primary N) is 1. The summed E-state index contributed by atoms with van der Waals surface area (Å²) >= 11 is 0. The van der Waals surface area contributed by atoms with Gasteiger partial charge in [-0.05, 0) is 43.7 Å². The summed E-state index contributed by atoms with van der Waals surface area (Å²) < 4.78 is 5.03. The molecule has 4 atom stereocenters. The standard InChI is InChI=1S/C28H44N6O9/c1-18(2)12-20(14-35)31-24(38)13-30-25(39)21(10-6-7-11-29)32-26(40)22(15-36)33-27(41)23(16-37)34-28(42)43-17-19-8-4-3-5-9-19/h3-5,8-9,14,18,20-23,36-37H,6-7,10-13,15-17,29H2,1-2H3,(H,30,39)(H,31,38)(H,32,40)(H,33,41)(H,34,42)/t20-,21-,22-,23-/m0/s1. The molecule has 9 N–H and O–H groups in total. The molecular weight excluding hydrogens is 564 g/mol. The molecule has 0 aliphatic heterocycles. The van der Waals surface area contributed by atoms with Gasteiger partial charge in [0.2, 0.25) is 23.6 Å². The summed E-state index contributed by atoms with van der Waals surface area (Å²) in [7, 11) is 0. The average Bonchev–Trinajstić information content (AvgIpc) is 2.99. The Balaban J connectivity index is 2.74. The van der Waals surface area contributed by atoms with Crippen molar-refractivity contribution in [3.05, 3.63) is 35.9 Å². The zero-order chi connectivity index (χ0) is 32.2. The summed E-state index contributed by atoms with van der Waals surface area (Å²) in [5.74, 6) is -3.05. The predicted molar refractivity (Wildman–Crippen MR) is 155 cm³/mol. The van der Waals surface area contributed by atoms with Gasteiger partial charge in [-0.3, -0.25) is 19.2 Å². The SMILES string of the molecule is CC(C)C[C@@H](C=O)NC(=O)CNC(=O)[C@H](CCCCN)NC(=O)[C@H](CO)NC(=O)[C@H](CO)NC(=O)OCc1ccccc1. The molecule has 0 fully saturated rings. The van der Waals surface area contributed by atoms with Crippen molar-refractivity contribution < 1.29 is 43.7 Å². The third-order valence-corrected chi connectivity index (χ3v) is 6.06. The molecule has 0 aliphatic rings. The van der Waals surface area contributed by atoms with Gasteiger partial charge >= 0.3 is 6.09 Å². The number of amides is 5. The van der Waals surface area contributed by atoms with Crippen molar-refractivity contribution in [3.8, 4) is 0 Å². The van der Waals surface area contributed by atoms with Crippen LogP contribution in [0.25, 0.3) is 0 Å². The minimum atomic E-state index is -1.54. The first-order valence-corrected chi connectivity index (χ1v) is 14.1. The van der Waals surface area contributed by atoms with Crippen LogP contribution in [0.3, 0.4) is 0 Å². The van der Waals surface area contributed by atoms with Crippen molar-refractivity contribution in [3.63, 3.8) is 0 Å². The molecule has 0 saturated carbocycles. The fraction of sp³-hybridized carbons (Fsp3) is 0.571. The molecule has 240 valence electrons. The Bertz CT molecular complexity index is 1040. The molecule has 0 aliphatic carbocycles. The van der Waals surface area contributed by atoms with Crippen molar-refractivity contribution in [2.75, 3.05) is 26.3 Å². The number of aliphatic hydroxyl groups is 2. The first kappa shape index (κ1) is 36.9. The van der Waals surface area contributed by atoms with E-state index in [1.54, 1.807) is 30.3 Å². The molecule has 43 heavy (non-hydrogen) atoms. The number of ether oxygens (including phenoxy) is 1. The Hall–Kier alpha value is -4.08. The number of nitrogens with one attached hydrogen (secondary N) is 5. The van der Waals surface area contributed by atoms with E-state index < -0.39 is 73.6 Å². The van der Waals surface area contributed by atoms with Gasteiger partial charge in [-0.2, -0.15) is 0 Å². The van der Waals surface area contributed by atoms with Crippen LogP contribution in [0.5, 0.6) is 0 Å². The molecule has 1 aromatic carbocycles. The third-order valence-electron chi connectivity index (χ3n) is 6.06. The second-order valence-corrected chi connectivity index (χ2v) is 10.2. The largest absolute Gasteiger partial charge is 0.445 e. The molecule has 15 heteroatoms. The number of aliphatic hydroxyl groups excluding tert-OH is 2. The monoisotopic (exact) mass is 608 g/mol. The molecule has 0 spiro atoms. The summed E-state index contributed by atoms with van der Waals surface area (Å²) in [4.78, 5) is 73.9. The third kappa shape index (κ3) is 15.1. The van der Waals surface area contributed by atoms with E-state index in [1.165, 1.54) is 0 Å². The molecular formula is C28H44N6O9. The number of benzene rings is 1. The van der Waals surface area contributed by atoms with E-state index in [1.807, 2.05) is 13.8 Å². The van der Waals surface area contributed by atoms with Gasteiger partial charge < -0.3 is 52.1 Å². The maximum absolute atomic E-state index is 12.9. The molecule has 0 radical (unpaired) electrons. The van der Waals surface area contributed by atoms with Gasteiger partial charge in [0.25, 0.3) is 0 Å². The van der Waals surface area contributed by atoms with Gasteiger partial charge in [0.05, 0.1) is 25.8 Å². The normalized spacial score (nSPS) is 13.5. The maximum Gasteiger partial charge on any atom is 0.408 e. The Labute approximate surface area is 250 Å². The highest BCUT2D eigenvalue weighted by Gasteiger charge is 2.29. The number of hydrogen-bond acceptors (Lipinski definition) is 10. The molecule has 1 rings (SSSR count). The molecule has 0 aromatic heterocycles. The molecule has 15 nitrogen and oxygen atoms in total. The molecule has 1 aromatic rings. The number of hydrogen-bond donors (Lipinski definition) is 8. The van der Waals surface area contributed by atoms with E-state index in [4.69, 9.17) is 10.5 Å². The highest BCUT2D eigenvalue weighted by atomic mass is 16.5. The van der Waals surface area contributed by atoms with Crippen molar-refractivity contribution in [2.24, 2.45) is 11.7 Å². The Morgan fingerprint density at radius 3 is 2.02 bits per heavy atom. The Morgan fingerprint density at radius 1 is 0.860 bits per heavy atom. The summed E-state index contributed by atoms with van der Waals surface area (Å²) in [6.45, 7) is 1.89. The van der Waals surface area contributed by atoms with E-state index in [0.29, 0.717) is 37.7 Å². The Morgan fingerprint density at radius 2 is 1.47 bits per heavy atom. The van der Waals surface area contributed by atoms with Gasteiger partial charge in [0.15, 0.2) is 0 Å². The summed E-state index contributed by atoms with van der Waals surface area (Å²) in [5.41, 5.74) is 6.22. The number of aldehydes is 1. The van der Waals surface area contributed by atoms with Gasteiger partial charge in [0, 0.05) is 0 Å². The quantitative estimate of drug-likeness (QED) is 0.0611. The van der Waals surface area contributed by atoms with Crippen molar-refractivity contribution in [1.29, 1.82) is 0 Å². The molecule has 0 unspecified atom stereocenters. The Kier molecular flexibility index (Phi) is 17.8. The van der Waals surface area contributed by atoms with Gasteiger partial charge in [-0.15, -0.1) is 0 Å². The predicted octanol–water partition coefficient (Wildman–Crippen LogP) is -1.79. The van der Waals surface area contributed by atoms with E-state index in [9.17, 15) is 39.0 Å². The smallest absolute Gasteiger partial charge is 0.408 e. The van der Waals surface area contributed by atoms with Gasteiger partial charge in [-0.25, -0.2) is 4.79 Å². The number of unbranched alkanes of at least 4 members (excludes halogenated alkanes) is 1. The van der Waals surface area contributed by atoms with Crippen LogP contribution < -0.4 is 32.3 Å². The molecule has 5 amide bonds. The fourth-order valence-electron chi connectivity index (χ4n) is 3.81. The van der Waals surface area contributed by atoms with Crippen molar-refractivity contribution in [2.45, 2.75) is 70.3 Å². The second-order valence-electron chi connectivity index (χ2n) is 10.2. The van der Waals surface area contributed by atoms with Crippen LogP contribution in [-0.2, 0) is 35.3 Å². The lowest BCUT2D eigenvalue weighted by molar-refractivity contribution is -0.134. The number of carbonyl (C=O) groups excluding carboxylic acids is 6. The van der Waals surface area contributed by atoms with Crippen LogP contribution >= 0.6 is 0 Å². The topological polar surface area (TPSA) is 238 Å². The second kappa shape index (κ2) is 20.7. The van der Waals surface area contributed by atoms with Crippen LogP contribution in [-0.4, -0.2) is 96.7 Å². The molecule has 0 heterocycles. The number of alkyl carbamates (subject to hydrolysis) is 1. The summed E-state index contributed by atoms with van der Waals surface area (Å²) in [6, 6.07) is 3.85. The minimum absolute atomic E-state index is 0.0843. The highest BCUT2D eigenvalue weighted by Crippen LogP contribution is 2.04. The fourth-order valence-corrected chi connectivity index (χ4v) is 3.81. The lowest BCUT2D eigenvalue weighted by Crippen LogP contribution is -2.58. The van der Waals surface area contributed by atoms with Gasteiger partial charge in [0.1, 0.15) is 31.0 Å². The highest BCUT2D eigenvalue weighted by molar-refractivity contribution is 5.95. The first-order valence-electron chi connectivity index (χ1n) is 14.1. The van der Waals surface area contributed by atoms with Crippen LogP contribution in [0.2, 0.25) is 0 Å². The van der Waals surface area contributed by atoms with E-state index in [2.05, 4.69) is 26.6 Å². The van der Waals surface area contributed by atoms with E-state index >= 15 is 0 Å². The summed E-state index contributed by atoms with van der Waals surface area (Å²) in [5, 5.41) is 31.1. The minimum Gasteiger partial charge on any atom is -0.445 e. The van der Waals surface area contributed by atoms with Gasteiger partial charge in [-0.1, -0.05) is 44.2 Å². The lowest BCUT2D eigenvalue weighted by Gasteiger charge is -2.24. The van der Waals surface area contributed by atoms with E-state index in [-0.39, 0.29) is 18.9 Å². The van der Waals surface area contributed by atoms with Crippen LogP contribution in [0.1, 0.15) is 45.1 Å². The van der Waals surface area contributed by atoms with Crippen molar-refractivity contribution in [1.82, 2.24) is 26.6 Å². The maximum atomic E-state index is 12.9. The van der Waals surface area contributed by atoms with Crippen LogP contribution in [0.15, 0.2) is 30.3 Å². The average molecular weight is 609 g/mol. The molecule has 0 bridgehead atoms. The zero-order valence-corrected chi connectivity index (χ0v) is 24.5. The van der Waals surface area contributed by atoms with Crippen LogP contribution in [0, 0.1) is 5.92 Å². The summed E-state index contributed by atoms with van der Waals surface area (Å²) in [6.07, 6.45) is 1.18. The number of rotatable bonds is 20. The lowest BCUT2D eigenvalue weighted by atomic mass is 10.1.